The Morgan fingerprint density at radius 1 is 1.14 bits per heavy atom. The van der Waals surface area contributed by atoms with E-state index in [9.17, 15) is 8.42 Å². The van der Waals surface area contributed by atoms with Gasteiger partial charge in [0.1, 0.15) is 5.82 Å². The number of aryl methyl sites for hydroxylation is 1. The summed E-state index contributed by atoms with van der Waals surface area (Å²) in [6.07, 6.45) is 6.13. The number of nitrogens with zero attached hydrogens (tertiary/aromatic N) is 3. The van der Waals surface area contributed by atoms with Gasteiger partial charge in [0.25, 0.3) is 0 Å². The van der Waals surface area contributed by atoms with Gasteiger partial charge in [-0.05, 0) is 43.5 Å². The van der Waals surface area contributed by atoms with Crippen molar-refractivity contribution in [1.29, 1.82) is 5.41 Å². The predicted octanol–water partition coefficient (Wildman–Crippen LogP) is 3.70. The molecule has 0 bridgehead atoms. The molecule has 10 heteroatoms. The fourth-order valence-corrected chi connectivity index (χ4v) is 5.42. The summed E-state index contributed by atoms with van der Waals surface area (Å²) in [6, 6.07) is 15.3. The van der Waals surface area contributed by atoms with Crippen molar-refractivity contribution in [1.82, 2.24) is 9.71 Å². The van der Waals surface area contributed by atoms with Gasteiger partial charge in [0.15, 0.2) is 0 Å². The molecule has 2 heterocycles. The molecule has 0 saturated carbocycles. The number of para-hydroxylation sites is 1. The Morgan fingerprint density at radius 2 is 1.84 bits per heavy atom. The minimum Gasteiger partial charge on any atom is -0.398 e. The number of nitrogens with one attached hydrogen (secondary N) is 3. The summed E-state index contributed by atoms with van der Waals surface area (Å²) in [5.74, 6) is 0.851. The summed E-state index contributed by atoms with van der Waals surface area (Å²) in [6.45, 7) is 3.47. The van der Waals surface area contributed by atoms with Crippen molar-refractivity contribution in [3.63, 3.8) is 0 Å². The molecular weight excluding hydrogens is 486 g/mol. The first-order valence-electron chi connectivity index (χ1n) is 12.1. The van der Waals surface area contributed by atoms with Gasteiger partial charge in [0.2, 0.25) is 10.0 Å². The molecule has 3 aromatic rings. The molecule has 0 amide bonds. The van der Waals surface area contributed by atoms with Crippen LogP contribution >= 0.6 is 0 Å². The number of piperidine rings is 1. The van der Waals surface area contributed by atoms with Crippen molar-refractivity contribution < 1.29 is 8.42 Å². The maximum Gasteiger partial charge on any atom is 0.208 e. The third-order valence-corrected chi connectivity index (χ3v) is 7.19. The highest BCUT2D eigenvalue weighted by molar-refractivity contribution is 7.88. The second kappa shape index (κ2) is 11.1. The SMILES string of the molecule is CN=Cc1c(N)cccc1C(=N)c1cccc(C)c1Nc1ccc(N2CCC(NS(C)(=O)=O)CC2)nc1. The smallest absolute Gasteiger partial charge is 0.208 e. The highest BCUT2D eigenvalue weighted by Gasteiger charge is 2.22. The number of nitrogen functional groups attached to an aromatic ring is 1. The highest BCUT2D eigenvalue weighted by Crippen LogP contribution is 2.29. The molecule has 0 radical (unpaired) electrons. The lowest BCUT2D eigenvalue weighted by molar-refractivity contribution is 0.460. The number of aromatic nitrogens is 1. The zero-order valence-electron chi connectivity index (χ0n) is 21.3. The molecule has 0 aliphatic carbocycles. The Balaban J connectivity index is 1.53. The maximum absolute atomic E-state index is 11.5. The number of rotatable bonds is 8. The fraction of sp³-hybridized carbons (Fsp3) is 0.296. The number of nitrogens with two attached hydrogens (primary N) is 1. The molecule has 1 saturated heterocycles. The minimum absolute atomic E-state index is 0.0361. The molecule has 0 spiro atoms. The van der Waals surface area contributed by atoms with Crippen molar-refractivity contribution in [3.05, 3.63) is 77.0 Å². The molecule has 0 atom stereocenters. The Morgan fingerprint density at radius 3 is 2.49 bits per heavy atom. The van der Waals surface area contributed by atoms with Crippen LogP contribution in [0.2, 0.25) is 0 Å². The number of sulfonamides is 1. The van der Waals surface area contributed by atoms with E-state index in [4.69, 9.17) is 11.1 Å². The second-order valence-electron chi connectivity index (χ2n) is 9.25. The van der Waals surface area contributed by atoms with Crippen LogP contribution in [0.25, 0.3) is 0 Å². The van der Waals surface area contributed by atoms with Gasteiger partial charge in [-0.2, -0.15) is 0 Å². The van der Waals surface area contributed by atoms with E-state index in [1.54, 1.807) is 25.5 Å². The van der Waals surface area contributed by atoms with Gasteiger partial charge in [-0.3, -0.25) is 10.4 Å². The van der Waals surface area contributed by atoms with E-state index in [1.807, 2.05) is 49.4 Å². The maximum atomic E-state index is 11.5. The van der Waals surface area contributed by atoms with Crippen LogP contribution in [-0.2, 0) is 10.0 Å². The van der Waals surface area contributed by atoms with Crippen LogP contribution in [0.3, 0.4) is 0 Å². The average Bonchev–Trinajstić information content (AvgIpc) is 2.86. The normalized spacial score (nSPS) is 14.7. The molecule has 1 aromatic heterocycles. The summed E-state index contributed by atoms with van der Waals surface area (Å²) in [5.41, 5.74) is 11.9. The first-order chi connectivity index (χ1) is 17.7. The van der Waals surface area contributed by atoms with Crippen molar-refractivity contribution in [2.45, 2.75) is 25.8 Å². The molecule has 0 unspecified atom stereocenters. The molecule has 37 heavy (non-hydrogen) atoms. The molecule has 1 aliphatic rings. The Labute approximate surface area is 218 Å². The van der Waals surface area contributed by atoms with Crippen LogP contribution in [0.1, 0.15) is 35.1 Å². The van der Waals surface area contributed by atoms with Gasteiger partial charge in [-0.1, -0.05) is 30.3 Å². The predicted molar refractivity (Wildman–Crippen MR) is 152 cm³/mol. The Bertz CT molecular complexity index is 1410. The van der Waals surface area contributed by atoms with Crippen LogP contribution in [0.4, 0.5) is 22.9 Å². The number of hydrogen-bond acceptors (Lipinski definition) is 8. The van der Waals surface area contributed by atoms with Crippen LogP contribution < -0.4 is 20.7 Å². The number of benzene rings is 2. The second-order valence-corrected chi connectivity index (χ2v) is 11.0. The molecule has 194 valence electrons. The largest absolute Gasteiger partial charge is 0.398 e. The minimum atomic E-state index is -3.20. The van der Waals surface area contributed by atoms with Crippen LogP contribution in [0.5, 0.6) is 0 Å². The van der Waals surface area contributed by atoms with E-state index in [0.717, 1.165) is 59.8 Å². The number of pyridine rings is 1. The Hall–Kier alpha value is -3.76. The standard InChI is InChI=1S/C27H33N7O2S/c1-18-6-4-8-22(26(29)21-7-5-9-24(28)23(21)17-30-2)27(18)32-20-10-11-25(31-16-20)34-14-12-19(13-15-34)33-37(3,35)36/h4-11,16-17,19,29,32-33H,12-15,28H2,1-3H3. The molecule has 9 nitrogen and oxygen atoms in total. The third-order valence-electron chi connectivity index (χ3n) is 6.43. The van der Waals surface area contributed by atoms with Crippen molar-refractivity contribution >= 4 is 44.8 Å². The lowest BCUT2D eigenvalue weighted by atomic mass is 9.94. The highest BCUT2D eigenvalue weighted by atomic mass is 32.2. The average molecular weight is 520 g/mol. The fourth-order valence-electron chi connectivity index (χ4n) is 4.58. The third kappa shape index (κ3) is 6.33. The summed E-state index contributed by atoms with van der Waals surface area (Å²) < 4.78 is 25.7. The zero-order chi connectivity index (χ0) is 26.6. The van der Waals surface area contributed by atoms with Crippen LogP contribution in [0.15, 0.2) is 59.7 Å². The quantitative estimate of drug-likeness (QED) is 0.265. The Kier molecular flexibility index (Phi) is 7.89. The van der Waals surface area contributed by atoms with Gasteiger partial charge >= 0.3 is 0 Å². The van der Waals surface area contributed by atoms with E-state index < -0.39 is 10.0 Å². The number of hydrogen-bond donors (Lipinski definition) is 4. The summed E-state index contributed by atoms with van der Waals surface area (Å²) >= 11 is 0. The van der Waals surface area contributed by atoms with Crippen molar-refractivity contribution in [3.8, 4) is 0 Å². The van der Waals surface area contributed by atoms with E-state index in [-0.39, 0.29) is 6.04 Å². The topological polar surface area (TPSA) is 137 Å². The van der Waals surface area contributed by atoms with Crippen LogP contribution in [0, 0.1) is 12.3 Å². The molecule has 4 rings (SSSR count). The summed E-state index contributed by atoms with van der Waals surface area (Å²) in [5, 5.41) is 12.5. The number of anilines is 4. The molecule has 1 fully saturated rings. The van der Waals surface area contributed by atoms with Gasteiger partial charge in [0.05, 0.1) is 29.5 Å². The zero-order valence-corrected chi connectivity index (χ0v) is 22.1. The first kappa shape index (κ1) is 26.3. The summed E-state index contributed by atoms with van der Waals surface area (Å²) in [4.78, 5) is 10.9. The van der Waals surface area contributed by atoms with Gasteiger partial charge in [0, 0.05) is 54.8 Å². The van der Waals surface area contributed by atoms with Gasteiger partial charge in [-0.25, -0.2) is 18.1 Å². The first-order valence-corrected chi connectivity index (χ1v) is 14.0. The molecule has 1 aliphatic heterocycles. The lowest BCUT2D eigenvalue weighted by Gasteiger charge is -2.32. The molecule has 5 N–H and O–H groups in total. The van der Waals surface area contributed by atoms with Gasteiger partial charge < -0.3 is 16.0 Å². The lowest BCUT2D eigenvalue weighted by Crippen LogP contribution is -2.44. The summed E-state index contributed by atoms with van der Waals surface area (Å²) in [7, 11) is -1.51. The van der Waals surface area contributed by atoms with Crippen LogP contribution in [-0.4, -0.2) is 57.8 Å². The van der Waals surface area contributed by atoms with E-state index in [1.165, 1.54) is 6.26 Å². The van der Waals surface area contributed by atoms with Gasteiger partial charge in [-0.15, -0.1) is 0 Å². The van der Waals surface area contributed by atoms with Crippen molar-refractivity contribution in [2.75, 3.05) is 42.3 Å². The van der Waals surface area contributed by atoms with E-state index >= 15 is 0 Å². The molecule has 2 aromatic carbocycles. The van der Waals surface area contributed by atoms with E-state index in [2.05, 4.69) is 24.9 Å². The van der Waals surface area contributed by atoms with Crippen molar-refractivity contribution in [2.24, 2.45) is 4.99 Å². The monoisotopic (exact) mass is 519 g/mol. The van der Waals surface area contributed by atoms with E-state index in [0.29, 0.717) is 17.0 Å². The number of aliphatic imine (C=N–C) groups is 1. The molecular formula is C27H33N7O2S.